The number of aromatic nitrogens is 1. The molecule has 13 heteroatoms. The van der Waals surface area contributed by atoms with E-state index >= 15 is 0 Å². The van der Waals surface area contributed by atoms with Crippen LogP contribution in [0, 0.1) is 10.1 Å². The lowest BCUT2D eigenvalue weighted by Crippen LogP contribution is -2.35. The molecule has 0 radical (unpaired) electrons. The molecule has 11 nitrogen and oxygen atoms in total. The van der Waals surface area contributed by atoms with Gasteiger partial charge < -0.3 is 9.30 Å². The SMILES string of the molecule is COC(=O)Cn1c(=NC(=O)c2ccc(S(=O)(=O)N3CCCCC3)cc2)sc2ccc([N+](=O)[O-])cc21. The van der Waals surface area contributed by atoms with Crippen molar-refractivity contribution < 1.29 is 27.7 Å². The standard InChI is InChI=1S/C22H22N4O7S2/c1-33-20(27)14-25-18-13-16(26(29)30)7-10-19(18)34-22(25)23-21(28)15-5-8-17(9-6-15)35(31,32)24-11-3-2-4-12-24/h5-10,13H,2-4,11-12,14H2,1H3. The maximum absolute atomic E-state index is 12.9. The Labute approximate surface area is 204 Å². The number of benzene rings is 2. The number of nitrogens with zero attached hydrogens (tertiary/aromatic N) is 4. The fourth-order valence-electron chi connectivity index (χ4n) is 3.78. The predicted octanol–water partition coefficient (Wildman–Crippen LogP) is 2.70. The van der Waals surface area contributed by atoms with Gasteiger partial charge in [0.1, 0.15) is 6.54 Å². The molecular weight excluding hydrogens is 496 g/mol. The molecule has 2 aromatic carbocycles. The zero-order valence-electron chi connectivity index (χ0n) is 18.7. The minimum atomic E-state index is -3.63. The average Bonchev–Trinajstić information content (AvgIpc) is 3.20. The van der Waals surface area contributed by atoms with Gasteiger partial charge in [0.05, 0.1) is 27.1 Å². The maximum Gasteiger partial charge on any atom is 0.325 e. The summed E-state index contributed by atoms with van der Waals surface area (Å²) in [5.74, 6) is -1.26. The molecule has 0 atom stereocenters. The summed E-state index contributed by atoms with van der Waals surface area (Å²) in [7, 11) is -2.42. The number of rotatable bonds is 6. The van der Waals surface area contributed by atoms with E-state index in [4.69, 9.17) is 4.74 Å². The van der Waals surface area contributed by atoms with E-state index in [1.165, 1.54) is 58.4 Å². The summed E-state index contributed by atoms with van der Waals surface area (Å²) in [4.78, 5) is 39.8. The Morgan fingerprint density at radius 2 is 1.80 bits per heavy atom. The average molecular weight is 519 g/mol. The lowest BCUT2D eigenvalue weighted by Gasteiger charge is -2.25. The first-order valence-electron chi connectivity index (χ1n) is 10.7. The van der Waals surface area contributed by atoms with Crippen LogP contribution in [-0.4, -0.2) is 54.3 Å². The molecule has 0 spiro atoms. The van der Waals surface area contributed by atoms with Gasteiger partial charge in [-0.15, -0.1) is 0 Å². The van der Waals surface area contributed by atoms with Gasteiger partial charge in [0.15, 0.2) is 4.80 Å². The first-order valence-corrected chi connectivity index (χ1v) is 13.0. The molecule has 1 amide bonds. The largest absolute Gasteiger partial charge is 0.468 e. The molecule has 0 N–H and O–H groups in total. The van der Waals surface area contributed by atoms with Crippen LogP contribution in [0.1, 0.15) is 29.6 Å². The number of carbonyl (C=O) groups is 2. The Kier molecular flexibility index (Phi) is 7.10. The number of hydrogen-bond acceptors (Lipinski definition) is 8. The van der Waals surface area contributed by atoms with Gasteiger partial charge in [-0.1, -0.05) is 17.8 Å². The Hall–Kier alpha value is -3.42. The van der Waals surface area contributed by atoms with Crippen molar-refractivity contribution in [3.63, 3.8) is 0 Å². The smallest absolute Gasteiger partial charge is 0.325 e. The van der Waals surface area contributed by atoms with Gasteiger partial charge in [-0.3, -0.25) is 19.7 Å². The number of ether oxygens (including phenoxy) is 1. The molecule has 1 saturated heterocycles. The van der Waals surface area contributed by atoms with Crippen molar-refractivity contribution in [2.75, 3.05) is 20.2 Å². The highest BCUT2D eigenvalue weighted by Gasteiger charge is 2.26. The van der Waals surface area contributed by atoms with Crippen molar-refractivity contribution in [2.24, 2.45) is 4.99 Å². The van der Waals surface area contributed by atoms with Crippen LogP contribution in [0.15, 0.2) is 52.4 Å². The Bertz CT molecular complexity index is 1470. The monoisotopic (exact) mass is 518 g/mol. The van der Waals surface area contributed by atoms with E-state index in [1.54, 1.807) is 0 Å². The van der Waals surface area contributed by atoms with Crippen LogP contribution < -0.4 is 4.80 Å². The van der Waals surface area contributed by atoms with E-state index in [2.05, 4.69) is 4.99 Å². The lowest BCUT2D eigenvalue weighted by atomic mass is 10.2. The first-order chi connectivity index (χ1) is 16.7. The third-order valence-electron chi connectivity index (χ3n) is 5.64. The fourth-order valence-corrected chi connectivity index (χ4v) is 6.30. The molecule has 184 valence electrons. The second-order valence-corrected chi connectivity index (χ2v) is 10.8. The molecule has 35 heavy (non-hydrogen) atoms. The molecule has 0 bridgehead atoms. The second-order valence-electron chi connectivity index (χ2n) is 7.86. The molecule has 0 unspecified atom stereocenters. The van der Waals surface area contributed by atoms with Crippen LogP contribution in [0.25, 0.3) is 10.2 Å². The molecule has 1 aliphatic rings. The summed E-state index contributed by atoms with van der Waals surface area (Å²) in [6, 6.07) is 9.70. The Balaban J connectivity index is 1.69. The third kappa shape index (κ3) is 5.16. The second kappa shape index (κ2) is 10.1. The molecule has 3 aromatic rings. The van der Waals surface area contributed by atoms with Crippen LogP contribution in [0.2, 0.25) is 0 Å². The van der Waals surface area contributed by atoms with Crippen molar-refractivity contribution in [3.05, 3.63) is 62.9 Å². The first kappa shape index (κ1) is 24.7. The number of carbonyl (C=O) groups excluding carboxylic acids is 2. The van der Waals surface area contributed by atoms with Crippen molar-refractivity contribution in [1.29, 1.82) is 0 Å². The van der Waals surface area contributed by atoms with Gasteiger partial charge in [0.2, 0.25) is 10.0 Å². The summed E-state index contributed by atoms with van der Waals surface area (Å²) in [5, 5.41) is 11.2. The van der Waals surface area contributed by atoms with Gasteiger partial charge >= 0.3 is 5.97 Å². The van der Waals surface area contributed by atoms with Crippen molar-refractivity contribution in [3.8, 4) is 0 Å². The predicted molar refractivity (Wildman–Crippen MR) is 127 cm³/mol. The quantitative estimate of drug-likeness (QED) is 0.277. The molecular formula is C22H22N4O7S2. The van der Waals surface area contributed by atoms with Crippen LogP contribution in [0.3, 0.4) is 0 Å². The summed E-state index contributed by atoms with van der Waals surface area (Å²) in [5.41, 5.74) is 0.358. The summed E-state index contributed by atoms with van der Waals surface area (Å²) in [6.45, 7) is 0.655. The number of nitro benzene ring substituents is 1. The van der Waals surface area contributed by atoms with E-state index in [0.29, 0.717) is 23.3 Å². The number of amides is 1. The normalized spacial score (nSPS) is 15.3. The number of non-ortho nitro benzene ring substituents is 1. The van der Waals surface area contributed by atoms with Gasteiger partial charge in [-0.25, -0.2) is 8.42 Å². The summed E-state index contributed by atoms with van der Waals surface area (Å²) >= 11 is 1.09. The van der Waals surface area contributed by atoms with Crippen LogP contribution >= 0.6 is 11.3 Å². The van der Waals surface area contributed by atoms with E-state index in [-0.39, 0.29) is 27.5 Å². The van der Waals surface area contributed by atoms with E-state index in [1.807, 2.05) is 0 Å². The number of thiazole rings is 1. The maximum atomic E-state index is 12.9. The summed E-state index contributed by atoms with van der Waals surface area (Å²) < 4.78 is 33.8. The molecule has 1 aliphatic heterocycles. The summed E-state index contributed by atoms with van der Waals surface area (Å²) in [6.07, 6.45) is 2.64. The van der Waals surface area contributed by atoms with Gasteiger partial charge in [-0.05, 0) is 43.2 Å². The van der Waals surface area contributed by atoms with Crippen molar-refractivity contribution >= 4 is 49.1 Å². The molecule has 1 aromatic heterocycles. The van der Waals surface area contributed by atoms with Crippen molar-refractivity contribution in [1.82, 2.24) is 8.87 Å². The minimum Gasteiger partial charge on any atom is -0.468 e. The zero-order valence-corrected chi connectivity index (χ0v) is 20.4. The van der Waals surface area contributed by atoms with Crippen LogP contribution in [0.4, 0.5) is 5.69 Å². The highest BCUT2D eigenvalue weighted by molar-refractivity contribution is 7.89. The number of fused-ring (bicyclic) bond motifs is 1. The van der Waals surface area contributed by atoms with Crippen molar-refractivity contribution in [2.45, 2.75) is 30.7 Å². The van der Waals surface area contributed by atoms with Gasteiger partial charge in [0.25, 0.3) is 11.6 Å². The number of sulfonamides is 1. The highest BCUT2D eigenvalue weighted by atomic mass is 32.2. The zero-order chi connectivity index (χ0) is 25.2. The van der Waals surface area contributed by atoms with E-state index in [0.717, 1.165) is 30.6 Å². The Morgan fingerprint density at radius 3 is 2.43 bits per heavy atom. The third-order valence-corrected chi connectivity index (χ3v) is 8.61. The topological polar surface area (TPSA) is 141 Å². The minimum absolute atomic E-state index is 0.103. The number of piperidine rings is 1. The van der Waals surface area contributed by atoms with Crippen LogP contribution in [0.5, 0.6) is 0 Å². The van der Waals surface area contributed by atoms with Gasteiger partial charge in [0, 0.05) is 30.8 Å². The molecule has 0 saturated carbocycles. The van der Waals surface area contributed by atoms with E-state index < -0.39 is 26.8 Å². The number of nitro groups is 1. The molecule has 4 rings (SSSR count). The molecule has 1 fully saturated rings. The van der Waals surface area contributed by atoms with Crippen LogP contribution in [-0.2, 0) is 26.1 Å². The highest BCUT2D eigenvalue weighted by Crippen LogP contribution is 2.24. The lowest BCUT2D eigenvalue weighted by molar-refractivity contribution is -0.384. The number of methoxy groups -OCH3 is 1. The van der Waals surface area contributed by atoms with Gasteiger partial charge in [-0.2, -0.15) is 9.30 Å². The number of hydrogen-bond donors (Lipinski definition) is 0. The number of esters is 1. The Morgan fingerprint density at radius 1 is 1.11 bits per heavy atom. The van der Waals surface area contributed by atoms with E-state index in [9.17, 15) is 28.1 Å². The molecule has 2 heterocycles. The fraction of sp³-hybridized carbons (Fsp3) is 0.318. The molecule has 0 aliphatic carbocycles.